The lowest BCUT2D eigenvalue weighted by Crippen LogP contribution is -2.10. The van der Waals surface area contributed by atoms with Gasteiger partial charge in [0.25, 0.3) is 0 Å². The first-order chi connectivity index (χ1) is 9.30. The molecule has 0 bridgehead atoms. The maximum Gasteiger partial charge on any atom is 0.419 e. The molecule has 2 aromatic carbocycles. The number of alkyl halides is 3. The van der Waals surface area contributed by atoms with Crippen molar-refractivity contribution >= 4 is 5.97 Å². The third-order valence-electron chi connectivity index (χ3n) is 2.74. The second-order valence-electron chi connectivity index (χ2n) is 4.04. The Bertz CT molecular complexity index is 645. The molecule has 0 saturated heterocycles. The molecule has 0 aliphatic rings. The van der Waals surface area contributed by atoms with Crippen LogP contribution in [0, 0.1) is 5.82 Å². The van der Waals surface area contributed by atoms with Gasteiger partial charge in [-0.2, -0.15) is 13.2 Å². The number of halogens is 4. The summed E-state index contributed by atoms with van der Waals surface area (Å²) < 4.78 is 52.0. The highest BCUT2D eigenvalue weighted by Gasteiger charge is 2.36. The Labute approximate surface area is 111 Å². The first-order valence-corrected chi connectivity index (χ1v) is 5.50. The lowest BCUT2D eigenvalue weighted by molar-refractivity contribution is -0.139. The van der Waals surface area contributed by atoms with E-state index < -0.39 is 23.5 Å². The lowest BCUT2D eigenvalue weighted by Gasteiger charge is -2.13. The average molecular weight is 284 g/mol. The normalized spacial score (nSPS) is 11.4. The summed E-state index contributed by atoms with van der Waals surface area (Å²) in [5.41, 5.74) is -1.64. The zero-order chi connectivity index (χ0) is 14.9. The molecular formula is C14H8F4O2. The second kappa shape index (κ2) is 4.96. The number of rotatable bonds is 2. The van der Waals surface area contributed by atoms with E-state index in [9.17, 15) is 22.4 Å². The van der Waals surface area contributed by atoms with Gasteiger partial charge in [-0.1, -0.05) is 24.3 Å². The van der Waals surface area contributed by atoms with Crippen LogP contribution in [0.4, 0.5) is 17.6 Å². The molecule has 0 saturated carbocycles. The maximum absolute atomic E-state index is 13.4. The van der Waals surface area contributed by atoms with Crippen LogP contribution in [-0.2, 0) is 6.18 Å². The van der Waals surface area contributed by atoms with E-state index in [0.717, 1.165) is 12.1 Å². The molecule has 2 rings (SSSR count). The van der Waals surface area contributed by atoms with Crippen molar-refractivity contribution in [2.75, 3.05) is 0 Å². The first-order valence-electron chi connectivity index (χ1n) is 5.50. The molecule has 2 aromatic rings. The van der Waals surface area contributed by atoms with Crippen LogP contribution in [-0.4, -0.2) is 11.1 Å². The van der Waals surface area contributed by atoms with Gasteiger partial charge in [0.05, 0.1) is 11.1 Å². The van der Waals surface area contributed by atoms with Gasteiger partial charge in [0.1, 0.15) is 5.82 Å². The van der Waals surface area contributed by atoms with Gasteiger partial charge in [0, 0.05) is 0 Å². The van der Waals surface area contributed by atoms with Crippen molar-refractivity contribution in [2.45, 2.75) is 6.18 Å². The molecule has 0 unspecified atom stereocenters. The third-order valence-corrected chi connectivity index (χ3v) is 2.74. The minimum atomic E-state index is -4.83. The number of carboxylic acids is 1. The van der Waals surface area contributed by atoms with E-state index in [1.54, 1.807) is 0 Å². The van der Waals surface area contributed by atoms with E-state index in [1.807, 2.05) is 0 Å². The average Bonchev–Trinajstić information content (AvgIpc) is 2.37. The van der Waals surface area contributed by atoms with E-state index in [4.69, 9.17) is 5.11 Å². The molecule has 2 nitrogen and oxygen atoms in total. The van der Waals surface area contributed by atoms with Crippen LogP contribution in [0.25, 0.3) is 11.1 Å². The highest BCUT2D eigenvalue weighted by Crippen LogP contribution is 2.38. The molecule has 0 radical (unpaired) electrons. The number of hydrogen-bond acceptors (Lipinski definition) is 1. The van der Waals surface area contributed by atoms with E-state index in [0.29, 0.717) is 0 Å². The summed E-state index contributed by atoms with van der Waals surface area (Å²) in [6.07, 6.45) is -4.83. The van der Waals surface area contributed by atoms with E-state index in [1.165, 1.54) is 30.3 Å². The number of hydrogen-bond donors (Lipinski definition) is 1. The SMILES string of the molecule is O=C(O)c1ccc(-c2cccc(F)c2C(F)(F)F)cc1. The summed E-state index contributed by atoms with van der Waals surface area (Å²) in [4.78, 5) is 10.7. The van der Waals surface area contributed by atoms with Gasteiger partial charge in [-0.05, 0) is 29.3 Å². The van der Waals surface area contributed by atoms with Gasteiger partial charge in [-0.3, -0.25) is 0 Å². The Balaban J connectivity index is 2.58. The largest absolute Gasteiger partial charge is 0.478 e. The molecule has 104 valence electrons. The Hall–Kier alpha value is -2.37. The molecule has 0 spiro atoms. The highest BCUT2D eigenvalue weighted by atomic mass is 19.4. The van der Waals surface area contributed by atoms with Gasteiger partial charge in [-0.15, -0.1) is 0 Å². The van der Waals surface area contributed by atoms with Gasteiger partial charge < -0.3 is 5.11 Å². The smallest absolute Gasteiger partial charge is 0.419 e. The molecular weight excluding hydrogens is 276 g/mol. The topological polar surface area (TPSA) is 37.3 Å². The predicted molar refractivity (Wildman–Crippen MR) is 63.8 cm³/mol. The molecule has 0 aliphatic heterocycles. The van der Waals surface area contributed by atoms with Crippen molar-refractivity contribution in [3.05, 3.63) is 59.4 Å². The minimum Gasteiger partial charge on any atom is -0.478 e. The zero-order valence-corrected chi connectivity index (χ0v) is 9.91. The molecule has 20 heavy (non-hydrogen) atoms. The third kappa shape index (κ3) is 2.64. The van der Waals surface area contributed by atoms with Crippen molar-refractivity contribution in [2.24, 2.45) is 0 Å². The van der Waals surface area contributed by atoms with E-state index in [2.05, 4.69) is 0 Å². The molecule has 0 aromatic heterocycles. The molecule has 6 heteroatoms. The molecule has 0 atom stereocenters. The van der Waals surface area contributed by atoms with Crippen LogP contribution in [0.3, 0.4) is 0 Å². The van der Waals surface area contributed by atoms with Gasteiger partial charge in [0.15, 0.2) is 0 Å². The van der Waals surface area contributed by atoms with Gasteiger partial charge in [0.2, 0.25) is 0 Å². The summed E-state index contributed by atoms with van der Waals surface area (Å²) in [6, 6.07) is 7.82. The van der Waals surface area contributed by atoms with Crippen LogP contribution < -0.4 is 0 Å². The van der Waals surface area contributed by atoms with Gasteiger partial charge >= 0.3 is 12.1 Å². The lowest BCUT2D eigenvalue weighted by atomic mass is 9.98. The van der Waals surface area contributed by atoms with Crippen LogP contribution in [0.1, 0.15) is 15.9 Å². The standard InChI is InChI=1S/C14H8F4O2/c15-11-3-1-2-10(12(11)14(16,17)18)8-4-6-9(7-5-8)13(19)20/h1-7H,(H,19,20). The fourth-order valence-electron chi connectivity index (χ4n) is 1.85. The van der Waals surface area contributed by atoms with Crippen LogP contribution in [0.5, 0.6) is 0 Å². The Morgan fingerprint density at radius 1 is 1.00 bits per heavy atom. The van der Waals surface area contributed by atoms with E-state index in [-0.39, 0.29) is 16.7 Å². The van der Waals surface area contributed by atoms with Crippen LogP contribution in [0.2, 0.25) is 0 Å². The quantitative estimate of drug-likeness (QED) is 0.839. The summed E-state index contributed by atoms with van der Waals surface area (Å²) >= 11 is 0. The molecule has 0 fully saturated rings. The van der Waals surface area contributed by atoms with Crippen LogP contribution >= 0.6 is 0 Å². The minimum absolute atomic E-state index is 0.0567. The zero-order valence-electron chi connectivity index (χ0n) is 9.91. The highest BCUT2D eigenvalue weighted by molar-refractivity contribution is 5.88. The summed E-state index contributed by atoms with van der Waals surface area (Å²) in [7, 11) is 0. The van der Waals surface area contributed by atoms with Crippen molar-refractivity contribution in [1.29, 1.82) is 0 Å². The van der Waals surface area contributed by atoms with Crippen molar-refractivity contribution < 1.29 is 27.5 Å². The summed E-state index contributed by atoms with van der Waals surface area (Å²) in [6.45, 7) is 0. The molecule has 0 heterocycles. The number of benzene rings is 2. The summed E-state index contributed by atoms with van der Waals surface area (Å²) in [5, 5.41) is 8.73. The predicted octanol–water partition coefficient (Wildman–Crippen LogP) is 4.21. The monoisotopic (exact) mass is 284 g/mol. The fourth-order valence-corrected chi connectivity index (χ4v) is 1.85. The number of carboxylic acid groups (broad SMARTS) is 1. The Morgan fingerprint density at radius 2 is 1.60 bits per heavy atom. The molecule has 0 aliphatic carbocycles. The van der Waals surface area contributed by atoms with Gasteiger partial charge in [-0.25, -0.2) is 9.18 Å². The Kier molecular flexibility index (Phi) is 3.48. The maximum atomic E-state index is 13.4. The van der Waals surface area contributed by atoms with Crippen LogP contribution in [0.15, 0.2) is 42.5 Å². The fraction of sp³-hybridized carbons (Fsp3) is 0.0714. The number of carbonyl (C=O) groups is 1. The Morgan fingerprint density at radius 3 is 2.10 bits per heavy atom. The first kappa shape index (κ1) is 14.0. The van der Waals surface area contributed by atoms with Crippen molar-refractivity contribution in [1.82, 2.24) is 0 Å². The van der Waals surface area contributed by atoms with Crippen molar-refractivity contribution in [3.63, 3.8) is 0 Å². The molecule has 0 amide bonds. The summed E-state index contributed by atoms with van der Waals surface area (Å²) in [5.74, 6) is -2.55. The van der Waals surface area contributed by atoms with Crippen molar-refractivity contribution in [3.8, 4) is 11.1 Å². The molecule has 1 N–H and O–H groups in total. The second-order valence-corrected chi connectivity index (χ2v) is 4.04. The number of aromatic carboxylic acids is 1. The van der Waals surface area contributed by atoms with E-state index >= 15 is 0 Å².